The summed E-state index contributed by atoms with van der Waals surface area (Å²) in [7, 11) is 0. The van der Waals surface area contributed by atoms with E-state index in [1.807, 2.05) is 5.01 Å². The number of carbonyl (C=O) groups is 1. The summed E-state index contributed by atoms with van der Waals surface area (Å²) in [6, 6.07) is 3.31. The average molecular weight is 268 g/mol. The number of rotatable bonds is 3. The Hall–Kier alpha value is -1.49. The molecule has 0 spiro atoms. The Morgan fingerprint density at radius 1 is 1.26 bits per heavy atom. The second kappa shape index (κ2) is 5.65. The Balaban J connectivity index is 2.38. The molecule has 5 heteroatoms. The fourth-order valence-electron chi connectivity index (χ4n) is 2.21. The molecule has 0 N–H and O–H groups in total. The topological polar surface area (TPSA) is 23.6 Å². The number of hydrogen-bond acceptors (Lipinski definition) is 2. The lowest BCUT2D eigenvalue weighted by Crippen LogP contribution is -2.47. The average Bonchev–Trinajstić information content (AvgIpc) is 2.85. The third-order valence-corrected chi connectivity index (χ3v) is 3.21. The number of carbonyl (C=O) groups excluding carboxylic acids is 1. The summed E-state index contributed by atoms with van der Waals surface area (Å²) >= 11 is 0. The van der Waals surface area contributed by atoms with Crippen LogP contribution in [0.15, 0.2) is 18.2 Å². The van der Waals surface area contributed by atoms with Gasteiger partial charge in [0, 0.05) is 25.1 Å². The molecule has 0 bridgehead atoms. The first-order valence-corrected chi connectivity index (χ1v) is 6.54. The van der Waals surface area contributed by atoms with E-state index in [0.29, 0.717) is 0 Å². The predicted molar refractivity (Wildman–Crippen MR) is 69.5 cm³/mol. The SMILES string of the molecule is CC(C)C(=O)N(c1ccc(F)cc1F)N1CCCC1. The fraction of sp³-hybridized carbons (Fsp3) is 0.500. The molecule has 0 radical (unpaired) electrons. The van der Waals surface area contributed by atoms with E-state index in [2.05, 4.69) is 0 Å². The third kappa shape index (κ3) is 2.92. The quantitative estimate of drug-likeness (QED) is 0.841. The van der Waals surface area contributed by atoms with Crippen LogP contribution >= 0.6 is 0 Å². The molecule has 0 unspecified atom stereocenters. The van der Waals surface area contributed by atoms with Gasteiger partial charge in [0.1, 0.15) is 5.82 Å². The van der Waals surface area contributed by atoms with Crippen molar-refractivity contribution in [2.75, 3.05) is 18.1 Å². The molecular formula is C14H18F2N2O. The minimum atomic E-state index is -0.707. The van der Waals surface area contributed by atoms with E-state index in [0.717, 1.165) is 32.0 Å². The van der Waals surface area contributed by atoms with Gasteiger partial charge in [0.15, 0.2) is 5.82 Å². The van der Waals surface area contributed by atoms with Gasteiger partial charge in [-0.05, 0) is 25.0 Å². The maximum atomic E-state index is 13.9. The summed E-state index contributed by atoms with van der Waals surface area (Å²) in [6.07, 6.45) is 1.95. The minimum absolute atomic E-state index is 0.127. The molecule has 0 aliphatic carbocycles. The van der Waals surface area contributed by atoms with Crippen molar-refractivity contribution in [2.45, 2.75) is 26.7 Å². The molecular weight excluding hydrogens is 250 g/mol. The molecule has 1 heterocycles. The van der Waals surface area contributed by atoms with Crippen molar-refractivity contribution in [1.29, 1.82) is 0 Å². The summed E-state index contributed by atoms with van der Waals surface area (Å²) in [5, 5.41) is 3.20. The first kappa shape index (κ1) is 13.9. The van der Waals surface area contributed by atoms with E-state index in [4.69, 9.17) is 0 Å². The molecule has 1 aromatic rings. The maximum absolute atomic E-state index is 13.9. The Labute approximate surface area is 111 Å². The van der Waals surface area contributed by atoms with E-state index in [-0.39, 0.29) is 17.5 Å². The third-order valence-electron chi connectivity index (χ3n) is 3.21. The highest BCUT2D eigenvalue weighted by atomic mass is 19.1. The molecule has 1 aliphatic rings. The predicted octanol–water partition coefficient (Wildman–Crippen LogP) is 2.96. The zero-order valence-electron chi connectivity index (χ0n) is 11.2. The number of halogens is 2. The van der Waals surface area contributed by atoms with E-state index in [1.54, 1.807) is 13.8 Å². The second-order valence-electron chi connectivity index (χ2n) is 5.06. The van der Waals surface area contributed by atoms with E-state index < -0.39 is 11.6 Å². The van der Waals surface area contributed by atoms with Gasteiger partial charge >= 0.3 is 0 Å². The number of nitrogens with zero attached hydrogens (tertiary/aromatic N) is 2. The van der Waals surface area contributed by atoms with Gasteiger partial charge in [0.05, 0.1) is 5.69 Å². The summed E-state index contributed by atoms with van der Waals surface area (Å²) in [4.78, 5) is 12.3. The van der Waals surface area contributed by atoms with Gasteiger partial charge in [0.25, 0.3) is 0 Å². The Kier molecular flexibility index (Phi) is 4.14. The van der Waals surface area contributed by atoms with E-state index in [9.17, 15) is 13.6 Å². The Bertz CT molecular complexity index is 471. The van der Waals surface area contributed by atoms with Crippen molar-refractivity contribution < 1.29 is 13.6 Å². The Morgan fingerprint density at radius 2 is 1.89 bits per heavy atom. The lowest BCUT2D eigenvalue weighted by molar-refractivity contribution is -0.124. The zero-order valence-corrected chi connectivity index (χ0v) is 11.2. The number of hydrazine groups is 1. The monoisotopic (exact) mass is 268 g/mol. The zero-order chi connectivity index (χ0) is 14.0. The summed E-state index contributed by atoms with van der Waals surface area (Å²) in [6.45, 7) is 4.98. The molecule has 19 heavy (non-hydrogen) atoms. The molecule has 0 saturated carbocycles. The lowest BCUT2D eigenvalue weighted by atomic mass is 10.2. The van der Waals surface area contributed by atoms with E-state index >= 15 is 0 Å². The van der Waals surface area contributed by atoms with Gasteiger partial charge in [0.2, 0.25) is 5.91 Å². The van der Waals surface area contributed by atoms with Crippen LogP contribution in [0, 0.1) is 17.6 Å². The Morgan fingerprint density at radius 3 is 2.42 bits per heavy atom. The number of benzene rings is 1. The van der Waals surface area contributed by atoms with Crippen molar-refractivity contribution >= 4 is 11.6 Å². The van der Waals surface area contributed by atoms with Crippen LogP contribution in [-0.4, -0.2) is 24.0 Å². The fourth-order valence-corrected chi connectivity index (χ4v) is 2.21. The highest BCUT2D eigenvalue weighted by Gasteiger charge is 2.29. The molecule has 1 fully saturated rings. The first-order chi connectivity index (χ1) is 9.00. The van der Waals surface area contributed by atoms with Crippen molar-refractivity contribution in [3.05, 3.63) is 29.8 Å². The lowest BCUT2D eigenvalue weighted by Gasteiger charge is -2.33. The molecule has 1 amide bonds. The van der Waals surface area contributed by atoms with Crippen LogP contribution in [0.4, 0.5) is 14.5 Å². The molecule has 1 saturated heterocycles. The normalized spacial score (nSPS) is 16.1. The van der Waals surface area contributed by atoms with Gasteiger partial charge in [-0.15, -0.1) is 0 Å². The molecule has 0 atom stereocenters. The highest BCUT2D eigenvalue weighted by molar-refractivity contribution is 5.93. The van der Waals surface area contributed by atoms with Crippen LogP contribution in [0.2, 0.25) is 0 Å². The van der Waals surface area contributed by atoms with Gasteiger partial charge < -0.3 is 0 Å². The van der Waals surface area contributed by atoms with Crippen molar-refractivity contribution in [2.24, 2.45) is 5.92 Å². The maximum Gasteiger partial charge on any atom is 0.244 e. The largest absolute Gasteiger partial charge is 0.273 e. The van der Waals surface area contributed by atoms with Crippen LogP contribution in [0.3, 0.4) is 0 Å². The van der Waals surface area contributed by atoms with Gasteiger partial charge in [-0.25, -0.2) is 18.8 Å². The van der Waals surface area contributed by atoms with Gasteiger partial charge in [-0.3, -0.25) is 4.79 Å². The van der Waals surface area contributed by atoms with Crippen LogP contribution in [0.1, 0.15) is 26.7 Å². The highest BCUT2D eigenvalue weighted by Crippen LogP contribution is 2.26. The molecule has 104 valence electrons. The summed E-state index contributed by atoms with van der Waals surface area (Å²) in [5.41, 5.74) is 0.127. The van der Waals surface area contributed by atoms with Crippen LogP contribution in [0.25, 0.3) is 0 Å². The van der Waals surface area contributed by atoms with Crippen LogP contribution in [0.5, 0.6) is 0 Å². The molecule has 2 rings (SSSR count). The number of amides is 1. The molecule has 1 aliphatic heterocycles. The molecule has 0 aromatic heterocycles. The number of hydrogen-bond donors (Lipinski definition) is 0. The van der Waals surface area contributed by atoms with E-state index in [1.165, 1.54) is 17.1 Å². The second-order valence-corrected chi connectivity index (χ2v) is 5.06. The minimum Gasteiger partial charge on any atom is -0.273 e. The molecule has 3 nitrogen and oxygen atoms in total. The molecule has 1 aromatic carbocycles. The van der Waals surface area contributed by atoms with Crippen molar-refractivity contribution in [3.63, 3.8) is 0 Å². The summed E-state index contributed by atoms with van der Waals surface area (Å²) in [5.74, 6) is -1.77. The van der Waals surface area contributed by atoms with Crippen molar-refractivity contribution in [3.8, 4) is 0 Å². The first-order valence-electron chi connectivity index (χ1n) is 6.54. The van der Waals surface area contributed by atoms with Crippen molar-refractivity contribution in [1.82, 2.24) is 5.01 Å². The van der Waals surface area contributed by atoms with Crippen LogP contribution in [-0.2, 0) is 4.79 Å². The van der Waals surface area contributed by atoms with Gasteiger partial charge in [-0.1, -0.05) is 13.8 Å². The van der Waals surface area contributed by atoms with Gasteiger partial charge in [-0.2, -0.15) is 0 Å². The van der Waals surface area contributed by atoms with Crippen LogP contribution < -0.4 is 5.01 Å². The summed E-state index contributed by atoms with van der Waals surface area (Å²) < 4.78 is 26.9. The standard InChI is InChI=1S/C14H18F2N2O/c1-10(2)14(19)18(17-7-3-4-8-17)13-6-5-11(15)9-12(13)16/h5-6,9-10H,3-4,7-8H2,1-2H3. The number of anilines is 1. The smallest absolute Gasteiger partial charge is 0.244 e.